The molecule has 1 aromatic carbocycles. The van der Waals surface area contributed by atoms with Crippen LogP contribution in [-0.4, -0.2) is 71.1 Å². The van der Waals surface area contributed by atoms with Gasteiger partial charge in [0.1, 0.15) is 17.0 Å². The maximum absolute atomic E-state index is 13.5. The number of fused-ring (bicyclic) bond motifs is 1. The van der Waals surface area contributed by atoms with Crippen molar-refractivity contribution >= 4 is 17.7 Å². The molecular formula is C25H35N5O5. The molecule has 1 unspecified atom stereocenters. The number of rotatable bonds is 12. The Bertz CT molecular complexity index is 1040. The van der Waals surface area contributed by atoms with E-state index in [-0.39, 0.29) is 29.7 Å². The molecule has 2 aromatic rings. The summed E-state index contributed by atoms with van der Waals surface area (Å²) in [5, 5.41) is 5.76. The first-order chi connectivity index (χ1) is 16.8. The Morgan fingerprint density at radius 2 is 1.91 bits per heavy atom. The SMILES string of the molecule is CCCN1C(=O)c2c(C(=O)NCCCOCC)ncn2CC1(C)C(=O)NCc1ccc(OC)cc1. The first kappa shape index (κ1) is 26.2. The second kappa shape index (κ2) is 11.8. The van der Waals surface area contributed by atoms with E-state index in [1.807, 2.05) is 38.1 Å². The number of nitrogens with one attached hydrogen (secondary N) is 2. The summed E-state index contributed by atoms with van der Waals surface area (Å²) in [5.74, 6) is -0.318. The Kier molecular flexibility index (Phi) is 8.86. The van der Waals surface area contributed by atoms with E-state index < -0.39 is 11.4 Å². The fraction of sp³-hybridized carbons (Fsp3) is 0.520. The number of ether oxygens (including phenoxy) is 2. The van der Waals surface area contributed by atoms with Gasteiger partial charge in [-0.2, -0.15) is 0 Å². The number of carbonyl (C=O) groups is 3. The van der Waals surface area contributed by atoms with Gasteiger partial charge in [-0.3, -0.25) is 14.4 Å². The minimum Gasteiger partial charge on any atom is -0.497 e. The molecule has 0 bridgehead atoms. The van der Waals surface area contributed by atoms with Crippen LogP contribution in [0.1, 0.15) is 60.2 Å². The van der Waals surface area contributed by atoms with Gasteiger partial charge in [0.2, 0.25) is 5.91 Å². The van der Waals surface area contributed by atoms with Crippen LogP contribution in [0.2, 0.25) is 0 Å². The maximum atomic E-state index is 13.5. The molecule has 1 atom stereocenters. The summed E-state index contributed by atoms with van der Waals surface area (Å²) >= 11 is 0. The maximum Gasteiger partial charge on any atom is 0.273 e. The molecule has 0 spiro atoms. The van der Waals surface area contributed by atoms with Crippen molar-refractivity contribution < 1.29 is 23.9 Å². The summed E-state index contributed by atoms with van der Waals surface area (Å²) in [6, 6.07) is 7.42. The second-order valence-corrected chi connectivity index (χ2v) is 8.64. The average molecular weight is 486 g/mol. The molecular weight excluding hydrogens is 450 g/mol. The van der Waals surface area contributed by atoms with Crippen molar-refractivity contribution in [2.24, 2.45) is 0 Å². The predicted molar refractivity (Wildman–Crippen MR) is 130 cm³/mol. The molecule has 10 heteroatoms. The highest BCUT2D eigenvalue weighted by molar-refractivity contribution is 6.07. The van der Waals surface area contributed by atoms with Crippen LogP contribution in [0.5, 0.6) is 5.75 Å². The Labute approximate surface area is 206 Å². The van der Waals surface area contributed by atoms with E-state index in [2.05, 4.69) is 15.6 Å². The fourth-order valence-electron chi connectivity index (χ4n) is 4.15. The lowest BCUT2D eigenvalue weighted by molar-refractivity contribution is -0.133. The van der Waals surface area contributed by atoms with Gasteiger partial charge in [0.25, 0.3) is 11.8 Å². The molecule has 0 radical (unpaired) electrons. The van der Waals surface area contributed by atoms with Gasteiger partial charge in [-0.1, -0.05) is 19.1 Å². The van der Waals surface area contributed by atoms with Crippen LogP contribution in [0.3, 0.4) is 0 Å². The van der Waals surface area contributed by atoms with E-state index in [1.54, 1.807) is 23.5 Å². The number of nitrogens with zero attached hydrogens (tertiary/aromatic N) is 3. The Hall–Kier alpha value is -3.40. The molecule has 3 rings (SSSR count). The highest BCUT2D eigenvalue weighted by atomic mass is 16.5. The van der Waals surface area contributed by atoms with E-state index >= 15 is 0 Å². The zero-order chi connectivity index (χ0) is 25.4. The molecule has 1 aromatic heterocycles. The minimum atomic E-state index is -1.13. The van der Waals surface area contributed by atoms with Gasteiger partial charge in [-0.05, 0) is 44.4 Å². The van der Waals surface area contributed by atoms with Gasteiger partial charge in [0.15, 0.2) is 5.69 Å². The largest absolute Gasteiger partial charge is 0.497 e. The van der Waals surface area contributed by atoms with Crippen LogP contribution in [0.15, 0.2) is 30.6 Å². The van der Waals surface area contributed by atoms with Crippen LogP contribution in [-0.2, 0) is 22.6 Å². The number of carbonyl (C=O) groups excluding carboxylic acids is 3. The normalized spacial score (nSPS) is 17.1. The van der Waals surface area contributed by atoms with Crippen molar-refractivity contribution in [3.63, 3.8) is 0 Å². The summed E-state index contributed by atoms with van der Waals surface area (Å²) < 4.78 is 12.1. The number of hydrogen-bond acceptors (Lipinski definition) is 6. The number of hydrogen-bond donors (Lipinski definition) is 2. The van der Waals surface area contributed by atoms with Crippen LogP contribution in [0, 0.1) is 0 Å². The highest BCUT2D eigenvalue weighted by Gasteiger charge is 2.48. The minimum absolute atomic E-state index is 0.0770. The Morgan fingerprint density at radius 3 is 2.57 bits per heavy atom. The third kappa shape index (κ3) is 5.82. The number of aromatic nitrogens is 2. The lowest BCUT2D eigenvalue weighted by Gasteiger charge is -2.43. The highest BCUT2D eigenvalue weighted by Crippen LogP contribution is 2.29. The van der Waals surface area contributed by atoms with Crippen molar-refractivity contribution in [3.8, 4) is 5.75 Å². The Balaban J connectivity index is 1.75. The zero-order valence-corrected chi connectivity index (χ0v) is 20.9. The van der Waals surface area contributed by atoms with Crippen LogP contribution in [0.4, 0.5) is 0 Å². The lowest BCUT2D eigenvalue weighted by Crippen LogP contribution is -2.64. The van der Waals surface area contributed by atoms with Crippen molar-refractivity contribution in [3.05, 3.63) is 47.5 Å². The van der Waals surface area contributed by atoms with Crippen LogP contribution >= 0.6 is 0 Å². The summed E-state index contributed by atoms with van der Waals surface area (Å²) in [6.45, 7) is 8.10. The van der Waals surface area contributed by atoms with Gasteiger partial charge < -0.3 is 29.6 Å². The lowest BCUT2D eigenvalue weighted by atomic mass is 9.94. The average Bonchev–Trinajstić information content (AvgIpc) is 3.28. The quantitative estimate of drug-likeness (QED) is 0.445. The molecule has 2 N–H and O–H groups in total. The van der Waals surface area contributed by atoms with Crippen molar-refractivity contribution in [1.82, 2.24) is 25.1 Å². The summed E-state index contributed by atoms with van der Waals surface area (Å²) in [5.41, 5.74) is 0.0753. The third-order valence-corrected chi connectivity index (χ3v) is 6.08. The molecule has 2 heterocycles. The number of imidazole rings is 1. The van der Waals surface area contributed by atoms with Crippen molar-refractivity contribution in [2.75, 3.05) is 33.4 Å². The standard InChI is InChI=1S/C25H35N5O5/c1-5-13-30-23(32)21-20(22(31)26-12-7-14-35-6-2)28-17-29(21)16-25(30,3)24(33)27-15-18-8-10-19(34-4)11-9-18/h8-11,17H,5-7,12-16H2,1-4H3,(H,26,31)(H,27,33). The molecule has 3 amide bonds. The molecule has 1 aliphatic heterocycles. The first-order valence-corrected chi connectivity index (χ1v) is 12.0. The first-order valence-electron chi connectivity index (χ1n) is 12.0. The molecule has 0 saturated heterocycles. The van der Waals surface area contributed by atoms with Gasteiger partial charge in [-0.25, -0.2) is 4.98 Å². The molecule has 190 valence electrons. The van der Waals surface area contributed by atoms with Crippen molar-refractivity contribution in [1.29, 1.82) is 0 Å². The van der Waals surface area contributed by atoms with E-state index in [0.717, 1.165) is 11.3 Å². The second-order valence-electron chi connectivity index (χ2n) is 8.64. The Morgan fingerprint density at radius 1 is 1.17 bits per heavy atom. The molecule has 1 aliphatic rings. The summed E-state index contributed by atoms with van der Waals surface area (Å²) in [4.78, 5) is 45.4. The molecule has 0 saturated carbocycles. The molecule has 0 aliphatic carbocycles. The smallest absolute Gasteiger partial charge is 0.273 e. The monoisotopic (exact) mass is 485 g/mol. The van der Waals surface area contributed by atoms with E-state index in [1.165, 1.54) is 6.33 Å². The van der Waals surface area contributed by atoms with E-state index in [4.69, 9.17) is 9.47 Å². The molecule has 35 heavy (non-hydrogen) atoms. The van der Waals surface area contributed by atoms with E-state index in [0.29, 0.717) is 45.7 Å². The third-order valence-electron chi connectivity index (χ3n) is 6.08. The topological polar surface area (TPSA) is 115 Å². The van der Waals surface area contributed by atoms with Gasteiger partial charge in [0, 0.05) is 32.8 Å². The number of benzene rings is 1. The predicted octanol–water partition coefficient (Wildman–Crippen LogP) is 1.99. The summed E-state index contributed by atoms with van der Waals surface area (Å²) in [6.07, 6.45) is 2.79. The van der Waals surface area contributed by atoms with Crippen LogP contribution < -0.4 is 15.4 Å². The van der Waals surface area contributed by atoms with Gasteiger partial charge in [-0.15, -0.1) is 0 Å². The van der Waals surface area contributed by atoms with Gasteiger partial charge >= 0.3 is 0 Å². The fourth-order valence-corrected chi connectivity index (χ4v) is 4.15. The summed E-state index contributed by atoms with van der Waals surface area (Å²) in [7, 11) is 1.60. The van der Waals surface area contributed by atoms with Gasteiger partial charge in [0.05, 0.1) is 20.0 Å². The van der Waals surface area contributed by atoms with Crippen molar-refractivity contribution in [2.45, 2.75) is 52.2 Å². The number of amides is 3. The molecule has 0 fully saturated rings. The van der Waals surface area contributed by atoms with E-state index in [9.17, 15) is 14.4 Å². The number of methoxy groups -OCH3 is 1. The zero-order valence-electron chi connectivity index (χ0n) is 20.9. The van der Waals surface area contributed by atoms with Crippen LogP contribution in [0.25, 0.3) is 0 Å². The molecule has 10 nitrogen and oxygen atoms in total.